The van der Waals surface area contributed by atoms with Gasteiger partial charge >= 0.3 is 0 Å². The van der Waals surface area contributed by atoms with E-state index in [9.17, 15) is 9.59 Å². The molecule has 3 aromatic rings. The predicted molar refractivity (Wildman–Crippen MR) is 118 cm³/mol. The molecule has 1 heterocycles. The van der Waals surface area contributed by atoms with Gasteiger partial charge in [-0.05, 0) is 37.3 Å². The number of hydrogen-bond donors (Lipinski definition) is 2. The van der Waals surface area contributed by atoms with Gasteiger partial charge in [-0.2, -0.15) is 0 Å². The summed E-state index contributed by atoms with van der Waals surface area (Å²) in [6.07, 6.45) is 3.53. The van der Waals surface area contributed by atoms with E-state index in [1.54, 1.807) is 37.6 Å². The number of aromatic nitrogens is 2. The first-order valence-corrected chi connectivity index (χ1v) is 10.4. The molecule has 0 aliphatic carbocycles. The molecule has 0 saturated carbocycles. The van der Waals surface area contributed by atoms with Gasteiger partial charge in [-0.15, -0.1) is 0 Å². The smallest absolute Gasteiger partial charge is 0.251 e. The number of amides is 2. The molecule has 0 saturated heterocycles. The number of imidazole rings is 1. The van der Waals surface area contributed by atoms with Crippen molar-refractivity contribution in [3.8, 4) is 5.75 Å². The van der Waals surface area contributed by atoms with Gasteiger partial charge in [-0.3, -0.25) is 9.59 Å². The summed E-state index contributed by atoms with van der Waals surface area (Å²) in [5.41, 5.74) is 2.05. The molecule has 0 spiro atoms. The third-order valence-corrected chi connectivity index (χ3v) is 5.55. The molecule has 0 bridgehead atoms. The van der Waals surface area contributed by atoms with Gasteiger partial charge in [0.1, 0.15) is 5.75 Å². The fraction of sp³-hybridized carbons (Fsp3) is 0.227. The van der Waals surface area contributed by atoms with Gasteiger partial charge in [0.25, 0.3) is 5.91 Å². The molecule has 0 radical (unpaired) electrons. The summed E-state index contributed by atoms with van der Waals surface area (Å²) in [6.45, 7) is 1.91. The van der Waals surface area contributed by atoms with Crippen LogP contribution in [0.1, 0.15) is 28.9 Å². The van der Waals surface area contributed by atoms with E-state index in [0.717, 1.165) is 16.5 Å². The minimum atomic E-state index is -0.212. The number of para-hydroxylation sites is 1. The Bertz CT molecular complexity index is 1020. The maximum atomic E-state index is 12.6. The first kappa shape index (κ1) is 21.4. The average molecular weight is 425 g/mol. The number of nitrogens with zero attached hydrogens (tertiary/aromatic N) is 2. The normalized spacial score (nSPS) is 11.6. The number of thioether (sulfide) groups is 1. The Hall–Kier alpha value is -3.26. The molecule has 30 heavy (non-hydrogen) atoms. The summed E-state index contributed by atoms with van der Waals surface area (Å²) in [5, 5.41) is 6.58. The second-order valence-electron chi connectivity index (χ2n) is 6.67. The minimum Gasteiger partial charge on any atom is -0.496 e. The van der Waals surface area contributed by atoms with Gasteiger partial charge in [0, 0.05) is 36.3 Å². The number of hydrogen-bond acceptors (Lipinski definition) is 5. The van der Waals surface area contributed by atoms with E-state index in [4.69, 9.17) is 4.74 Å². The summed E-state index contributed by atoms with van der Waals surface area (Å²) in [5.74, 6) is 0.650. The molecular weight excluding hydrogens is 400 g/mol. The van der Waals surface area contributed by atoms with Crippen LogP contribution in [0.4, 0.5) is 5.69 Å². The Labute approximate surface area is 179 Å². The summed E-state index contributed by atoms with van der Waals surface area (Å²) < 4.78 is 7.22. The van der Waals surface area contributed by atoms with Crippen LogP contribution in [0.15, 0.2) is 66.1 Å². The van der Waals surface area contributed by atoms with Crippen molar-refractivity contribution in [3.05, 3.63) is 72.1 Å². The van der Waals surface area contributed by atoms with Gasteiger partial charge in [0.2, 0.25) is 5.91 Å². The molecular formula is C22H24N4O3S. The zero-order chi connectivity index (χ0) is 21.5. The second kappa shape index (κ2) is 9.98. The Balaban J connectivity index is 1.55. The molecule has 2 amide bonds. The van der Waals surface area contributed by atoms with Crippen molar-refractivity contribution >= 4 is 29.3 Å². The van der Waals surface area contributed by atoms with Crippen molar-refractivity contribution in [2.45, 2.75) is 18.1 Å². The van der Waals surface area contributed by atoms with E-state index in [0.29, 0.717) is 11.3 Å². The van der Waals surface area contributed by atoms with Crippen LogP contribution in [0.3, 0.4) is 0 Å². The van der Waals surface area contributed by atoms with Crippen molar-refractivity contribution in [2.24, 2.45) is 7.05 Å². The van der Waals surface area contributed by atoms with Crippen LogP contribution < -0.4 is 15.4 Å². The number of aryl methyl sites for hydroxylation is 1. The lowest BCUT2D eigenvalue weighted by Gasteiger charge is -2.17. The number of ether oxygens (including phenoxy) is 1. The first-order chi connectivity index (χ1) is 14.5. The Kier molecular flexibility index (Phi) is 7.13. The number of carbonyl (C=O) groups excluding carboxylic acids is 2. The molecule has 2 aromatic carbocycles. The quantitative estimate of drug-likeness (QED) is 0.539. The maximum Gasteiger partial charge on any atom is 0.251 e. The monoisotopic (exact) mass is 424 g/mol. The maximum absolute atomic E-state index is 12.6. The van der Waals surface area contributed by atoms with Gasteiger partial charge in [0.05, 0.1) is 18.9 Å². The number of rotatable bonds is 8. The molecule has 3 rings (SSSR count). The highest BCUT2D eigenvalue weighted by Gasteiger charge is 2.15. The first-order valence-electron chi connectivity index (χ1n) is 9.41. The molecule has 0 aliphatic heterocycles. The zero-order valence-corrected chi connectivity index (χ0v) is 17.9. The second-order valence-corrected chi connectivity index (χ2v) is 7.61. The zero-order valence-electron chi connectivity index (χ0n) is 17.1. The molecule has 0 unspecified atom stereocenters. The molecule has 2 N–H and O–H groups in total. The molecule has 8 heteroatoms. The predicted octanol–water partition coefficient (Wildman–Crippen LogP) is 3.65. The molecule has 0 fully saturated rings. The van der Waals surface area contributed by atoms with E-state index < -0.39 is 0 Å². The van der Waals surface area contributed by atoms with E-state index in [1.165, 1.54) is 11.8 Å². The fourth-order valence-electron chi connectivity index (χ4n) is 2.90. The van der Waals surface area contributed by atoms with Gasteiger partial charge in [-0.1, -0.05) is 30.0 Å². The highest BCUT2D eigenvalue weighted by molar-refractivity contribution is 7.99. The van der Waals surface area contributed by atoms with Crippen LogP contribution in [-0.4, -0.2) is 34.2 Å². The Morgan fingerprint density at radius 3 is 2.57 bits per heavy atom. The van der Waals surface area contributed by atoms with Crippen molar-refractivity contribution in [1.29, 1.82) is 0 Å². The lowest BCUT2D eigenvalue weighted by molar-refractivity contribution is -0.113. The minimum absolute atomic E-state index is 0.134. The van der Waals surface area contributed by atoms with Crippen molar-refractivity contribution in [2.75, 3.05) is 18.2 Å². The topological polar surface area (TPSA) is 85.2 Å². The largest absolute Gasteiger partial charge is 0.496 e. The number of anilines is 1. The molecule has 1 atom stereocenters. The number of nitrogens with one attached hydrogen (secondary N) is 2. The summed E-state index contributed by atoms with van der Waals surface area (Å²) >= 11 is 1.36. The van der Waals surface area contributed by atoms with Crippen molar-refractivity contribution in [3.63, 3.8) is 0 Å². The van der Waals surface area contributed by atoms with Crippen LogP contribution in [0, 0.1) is 0 Å². The average Bonchev–Trinajstić information content (AvgIpc) is 3.17. The third-order valence-electron chi connectivity index (χ3n) is 4.49. The van der Waals surface area contributed by atoms with E-state index in [1.807, 2.05) is 49.0 Å². The van der Waals surface area contributed by atoms with Gasteiger partial charge < -0.3 is 19.9 Å². The van der Waals surface area contributed by atoms with Crippen molar-refractivity contribution < 1.29 is 14.3 Å². The summed E-state index contributed by atoms with van der Waals surface area (Å²) in [4.78, 5) is 28.9. The third kappa shape index (κ3) is 5.42. The lowest BCUT2D eigenvalue weighted by atomic mass is 10.1. The SMILES string of the molecule is COc1ccccc1[C@@H](C)NC(=O)c1ccc(NC(=O)CSc2nccn2C)cc1. The summed E-state index contributed by atoms with van der Waals surface area (Å²) in [7, 11) is 3.49. The van der Waals surface area contributed by atoms with Gasteiger partial charge in [-0.25, -0.2) is 4.98 Å². The lowest BCUT2D eigenvalue weighted by Crippen LogP contribution is -2.27. The van der Waals surface area contributed by atoms with E-state index in [-0.39, 0.29) is 23.6 Å². The molecule has 0 aliphatic rings. The molecule has 7 nitrogen and oxygen atoms in total. The molecule has 1 aromatic heterocycles. The Morgan fingerprint density at radius 1 is 1.17 bits per heavy atom. The highest BCUT2D eigenvalue weighted by atomic mass is 32.2. The van der Waals surface area contributed by atoms with Crippen LogP contribution in [-0.2, 0) is 11.8 Å². The number of benzene rings is 2. The van der Waals surface area contributed by atoms with Crippen LogP contribution in [0.25, 0.3) is 0 Å². The van der Waals surface area contributed by atoms with Crippen LogP contribution in [0.2, 0.25) is 0 Å². The number of methoxy groups -OCH3 is 1. The van der Waals surface area contributed by atoms with Gasteiger partial charge in [0.15, 0.2) is 5.16 Å². The van der Waals surface area contributed by atoms with E-state index >= 15 is 0 Å². The van der Waals surface area contributed by atoms with E-state index in [2.05, 4.69) is 15.6 Å². The molecule has 156 valence electrons. The number of carbonyl (C=O) groups is 2. The van der Waals surface area contributed by atoms with Crippen LogP contribution in [0.5, 0.6) is 5.75 Å². The summed E-state index contributed by atoms with van der Waals surface area (Å²) in [6, 6.07) is 14.2. The van der Waals surface area contributed by atoms with Crippen LogP contribution >= 0.6 is 11.8 Å². The Morgan fingerprint density at radius 2 is 1.90 bits per heavy atom. The standard InChI is InChI=1S/C22H24N4O3S/c1-15(18-6-4-5-7-19(18)29-3)24-21(28)16-8-10-17(11-9-16)25-20(27)14-30-22-23-12-13-26(22)2/h4-13,15H,14H2,1-3H3,(H,24,28)(H,25,27)/t15-/m1/s1. The fourth-order valence-corrected chi connectivity index (χ4v) is 3.64. The van der Waals surface area contributed by atoms with Crippen molar-refractivity contribution in [1.82, 2.24) is 14.9 Å². The highest BCUT2D eigenvalue weighted by Crippen LogP contribution is 2.24.